The summed E-state index contributed by atoms with van der Waals surface area (Å²) in [5, 5.41) is 18.2. The van der Waals surface area contributed by atoms with Gasteiger partial charge in [0.05, 0.1) is 0 Å². The van der Waals surface area contributed by atoms with E-state index in [4.69, 9.17) is 10.0 Å². The Morgan fingerprint density at radius 3 is 2.48 bits per heavy atom. The minimum atomic E-state index is -1.62. The Kier molecular flexibility index (Phi) is 5.79. The zero-order chi connectivity index (χ0) is 15.4. The monoisotopic (exact) mass is 293 g/mol. The molecule has 116 valence electrons. The number of benzene rings is 1. The molecule has 0 aliphatic heterocycles. The first-order valence-corrected chi connectivity index (χ1v) is 7.86. The molecular weight excluding hydrogens is 268 g/mol. The standard InChI is InChI=1S/C16H25BFNO2/c1-12(2)10-19(15-5-3-4-6-15)11-13-7-8-14(17(20)21)9-16(13)18/h7-9,12,15,20-21H,3-6,10-11H2,1-2H3. The second-order valence-electron chi connectivity index (χ2n) is 6.49. The van der Waals surface area contributed by atoms with Crippen LogP contribution in [0.4, 0.5) is 4.39 Å². The van der Waals surface area contributed by atoms with Crippen molar-refractivity contribution >= 4 is 12.6 Å². The maximum atomic E-state index is 14.1. The predicted octanol–water partition coefficient (Wildman–Crippen LogP) is 1.91. The summed E-state index contributed by atoms with van der Waals surface area (Å²) in [6.45, 7) is 5.93. The van der Waals surface area contributed by atoms with Gasteiger partial charge in [-0.1, -0.05) is 38.8 Å². The molecule has 1 fully saturated rings. The van der Waals surface area contributed by atoms with Crippen LogP contribution < -0.4 is 5.46 Å². The average molecular weight is 293 g/mol. The van der Waals surface area contributed by atoms with E-state index in [0.717, 1.165) is 6.54 Å². The van der Waals surface area contributed by atoms with Gasteiger partial charge in [-0.2, -0.15) is 0 Å². The highest BCUT2D eigenvalue weighted by atomic mass is 19.1. The van der Waals surface area contributed by atoms with Crippen LogP contribution in [0.15, 0.2) is 18.2 Å². The van der Waals surface area contributed by atoms with Gasteiger partial charge in [-0.05, 0) is 30.3 Å². The summed E-state index contributed by atoms with van der Waals surface area (Å²) in [5.41, 5.74) is 0.833. The molecule has 0 bridgehead atoms. The van der Waals surface area contributed by atoms with Gasteiger partial charge in [0.15, 0.2) is 0 Å². The highest BCUT2D eigenvalue weighted by Gasteiger charge is 2.24. The molecule has 1 aromatic rings. The minimum absolute atomic E-state index is 0.201. The van der Waals surface area contributed by atoms with Crippen LogP contribution in [-0.2, 0) is 6.54 Å². The molecule has 2 rings (SSSR count). The highest BCUT2D eigenvalue weighted by Crippen LogP contribution is 2.26. The van der Waals surface area contributed by atoms with E-state index >= 15 is 0 Å². The van der Waals surface area contributed by atoms with Gasteiger partial charge in [0.2, 0.25) is 0 Å². The summed E-state index contributed by atoms with van der Waals surface area (Å²) < 4.78 is 14.1. The molecule has 0 atom stereocenters. The Balaban J connectivity index is 2.11. The van der Waals surface area contributed by atoms with Crippen LogP contribution in [-0.4, -0.2) is 34.7 Å². The summed E-state index contributed by atoms with van der Waals surface area (Å²) in [6, 6.07) is 5.04. The van der Waals surface area contributed by atoms with E-state index < -0.39 is 7.12 Å². The lowest BCUT2D eigenvalue weighted by Gasteiger charge is -2.30. The van der Waals surface area contributed by atoms with Crippen LogP contribution in [0.2, 0.25) is 0 Å². The average Bonchev–Trinajstić information content (AvgIpc) is 2.93. The zero-order valence-corrected chi connectivity index (χ0v) is 12.9. The van der Waals surface area contributed by atoms with Gasteiger partial charge in [0.25, 0.3) is 0 Å². The van der Waals surface area contributed by atoms with Crippen molar-refractivity contribution in [1.29, 1.82) is 0 Å². The van der Waals surface area contributed by atoms with Crippen LogP contribution in [0.5, 0.6) is 0 Å². The molecule has 1 aliphatic rings. The lowest BCUT2D eigenvalue weighted by atomic mass is 9.80. The SMILES string of the molecule is CC(C)CN(Cc1ccc(B(O)O)cc1F)C1CCCC1. The van der Waals surface area contributed by atoms with E-state index in [9.17, 15) is 4.39 Å². The second kappa shape index (κ2) is 7.39. The first-order chi connectivity index (χ1) is 9.97. The highest BCUT2D eigenvalue weighted by molar-refractivity contribution is 6.58. The number of hydrogen-bond donors (Lipinski definition) is 2. The van der Waals surface area contributed by atoms with Crippen molar-refractivity contribution in [1.82, 2.24) is 4.90 Å². The molecule has 0 radical (unpaired) electrons. The van der Waals surface area contributed by atoms with Gasteiger partial charge >= 0.3 is 7.12 Å². The smallest absolute Gasteiger partial charge is 0.423 e. The molecule has 0 unspecified atom stereocenters. The molecule has 21 heavy (non-hydrogen) atoms. The Morgan fingerprint density at radius 1 is 1.29 bits per heavy atom. The van der Waals surface area contributed by atoms with Crippen molar-refractivity contribution < 1.29 is 14.4 Å². The molecule has 1 aliphatic carbocycles. The Bertz CT molecular complexity index is 462. The largest absolute Gasteiger partial charge is 0.488 e. The normalized spacial score (nSPS) is 16.1. The molecular formula is C16H25BFNO2. The fourth-order valence-electron chi connectivity index (χ4n) is 3.15. The van der Waals surface area contributed by atoms with E-state index in [0.29, 0.717) is 24.1 Å². The van der Waals surface area contributed by atoms with Gasteiger partial charge in [0.1, 0.15) is 5.82 Å². The summed E-state index contributed by atoms with van der Waals surface area (Å²) >= 11 is 0. The van der Waals surface area contributed by atoms with E-state index in [-0.39, 0.29) is 11.3 Å². The van der Waals surface area contributed by atoms with Crippen molar-refractivity contribution in [3.8, 4) is 0 Å². The lowest BCUT2D eigenvalue weighted by molar-refractivity contribution is 0.166. The van der Waals surface area contributed by atoms with Crippen molar-refractivity contribution in [2.75, 3.05) is 6.54 Å². The van der Waals surface area contributed by atoms with Gasteiger partial charge in [-0.25, -0.2) is 4.39 Å². The van der Waals surface area contributed by atoms with E-state index in [1.54, 1.807) is 12.1 Å². The fraction of sp³-hybridized carbons (Fsp3) is 0.625. The topological polar surface area (TPSA) is 43.7 Å². The molecule has 0 amide bonds. The van der Waals surface area contributed by atoms with Crippen LogP contribution in [0, 0.1) is 11.7 Å². The lowest BCUT2D eigenvalue weighted by Crippen LogP contribution is -2.36. The third kappa shape index (κ3) is 4.53. The first-order valence-electron chi connectivity index (χ1n) is 7.86. The van der Waals surface area contributed by atoms with Gasteiger partial charge in [-0.3, -0.25) is 4.90 Å². The van der Waals surface area contributed by atoms with Gasteiger partial charge in [0, 0.05) is 24.7 Å². The first kappa shape index (κ1) is 16.5. The molecule has 0 saturated heterocycles. The van der Waals surface area contributed by atoms with E-state index in [1.165, 1.54) is 31.7 Å². The number of rotatable bonds is 6. The van der Waals surface area contributed by atoms with Crippen LogP contribution in [0.1, 0.15) is 45.1 Å². The number of nitrogens with zero attached hydrogens (tertiary/aromatic N) is 1. The summed E-state index contributed by atoms with van der Waals surface area (Å²) in [6.07, 6.45) is 4.92. The molecule has 2 N–H and O–H groups in total. The molecule has 1 saturated carbocycles. The van der Waals surface area contributed by atoms with Gasteiger partial charge in [-0.15, -0.1) is 0 Å². The third-order valence-electron chi connectivity index (χ3n) is 4.19. The summed E-state index contributed by atoms with van der Waals surface area (Å²) in [5.74, 6) is 0.194. The maximum absolute atomic E-state index is 14.1. The quantitative estimate of drug-likeness (QED) is 0.787. The Hall–Kier alpha value is -0.905. The number of hydrogen-bond acceptors (Lipinski definition) is 3. The molecule has 0 spiro atoms. The van der Waals surface area contributed by atoms with Crippen LogP contribution >= 0.6 is 0 Å². The molecule has 0 aromatic heterocycles. The van der Waals surface area contributed by atoms with Crippen molar-refractivity contribution in [2.24, 2.45) is 5.92 Å². The molecule has 0 heterocycles. The summed E-state index contributed by atoms with van der Waals surface area (Å²) in [4.78, 5) is 2.38. The molecule has 1 aromatic carbocycles. The van der Waals surface area contributed by atoms with Crippen molar-refractivity contribution in [3.63, 3.8) is 0 Å². The predicted molar refractivity (Wildman–Crippen MR) is 83.7 cm³/mol. The van der Waals surface area contributed by atoms with E-state index in [1.807, 2.05) is 0 Å². The van der Waals surface area contributed by atoms with Crippen molar-refractivity contribution in [3.05, 3.63) is 29.6 Å². The van der Waals surface area contributed by atoms with Crippen LogP contribution in [0.3, 0.4) is 0 Å². The number of halogens is 1. The zero-order valence-electron chi connectivity index (χ0n) is 12.9. The second-order valence-corrected chi connectivity index (χ2v) is 6.49. The maximum Gasteiger partial charge on any atom is 0.488 e. The van der Waals surface area contributed by atoms with E-state index in [2.05, 4.69) is 18.7 Å². The minimum Gasteiger partial charge on any atom is -0.423 e. The van der Waals surface area contributed by atoms with Crippen LogP contribution in [0.25, 0.3) is 0 Å². The Labute approximate surface area is 126 Å². The molecule has 3 nitrogen and oxygen atoms in total. The Morgan fingerprint density at radius 2 is 1.95 bits per heavy atom. The fourth-order valence-corrected chi connectivity index (χ4v) is 3.15. The molecule has 5 heteroatoms. The van der Waals surface area contributed by atoms with Gasteiger partial charge < -0.3 is 10.0 Å². The van der Waals surface area contributed by atoms with Crippen molar-refractivity contribution in [2.45, 2.75) is 52.1 Å². The summed E-state index contributed by atoms with van der Waals surface area (Å²) in [7, 11) is -1.62. The third-order valence-corrected chi connectivity index (χ3v) is 4.19.